The number of carbonyl (C=O) groups is 1. The van der Waals surface area contributed by atoms with E-state index in [1.165, 1.54) is 16.7 Å². The smallest absolute Gasteiger partial charge is 0.255 e. The number of rotatable bonds is 7. The fraction of sp³-hybridized carbons (Fsp3) is 0.320. The first-order valence-corrected chi connectivity index (χ1v) is 10.5. The average molecular weight is 405 g/mol. The Kier molecular flexibility index (Phi) is 9.52. The van der Waals surface area contributed by atoms with Gasteiger partial charge in [0.05, 0.1) is 11.3 Å². The van der Waals surface area contributed by atoms with Gasteiger partial charge in [0.25, 0.3) is 5.91 Å². The molecule has 5 nitrogen and oxygen atoms in total. The maximum Gasteiger partial charge on any atom is 0.255 e. The van der Waals surface area contributed by atoms with Gasteiger partial charge < -0.3 is 10.6 Å². The summed E-state index contributed by atoms with van der Waals surface area (Å²) in [5.74, 6) is 0.0171. The first-order valence-electron chi connectivity index (χ1n) is 10.5. The summed E-state index contributed by atoms with van der Waals surface area (Å²) in [5.41, 5.74) is 10.5. The van der Waals surface area contributed by atoms with E-state index in [4.69, 9.17) is 5.73 Å². The summed E-state index contributed by atoms with van der Waals surface area (Å²) in [4.78, 5) is 22.1. The molecule has 2 heterocycles. The summed E-state index contributed by atoms with van der Waals surface area (Å²) >= 11 is 0. The molecule has 3 aromatic rings. The van der Waals surface area contributed by atoms with E-state index in [0.717, 1.165) is 32.4 Å². The topological polar surface area (TPSA) is 72.1 Å². The Hall–Kier alpha value is -3.21. The molecule has 0 atom stereocenters. The van der Waals surface area contributed by atoms with E-state index in [-0.39, 0.29) is 5.91 Å². The highest BCUT2D eigenvalue weighted by Gasteiger charge is 2.14. The molecule has 1 aromatic carbocycles. The van der Waals surface area contributed by atoms with Crippen LogP contribution in [0.5, 0.6) is 0 Å². The maximum absolute atomic E-state index is 12.1. The molecule has 0 saturated heterocycles. The number of anilines is 1. The van der Waals surface area contributed by atoms with Crippen LogP contribution in [-0.2, 0) is 6.42 Å². The Morgan fingerprint density at radius 3 is 2.17 bits per heavy atom. The van der Waals surface area contributed by atoms with E-state index in [2.05, 4.69) is 61.1 Å². The van der Waals surface area contributed by atoms with Crippen molar-refractivity contribution in [3.05, 3.63) is 89.5 Å². The number of pyridine rings is 2. The zero-order chi connectivity index (χ0) is 21.8. The fourth-order valence-corrected chi connectivity index (χ4v) is 3.16. The number of hydrogen-bond acceptors (Lipinski definition) is 4. The standard InChI is InChI=1S/C13H13N.C12H19N3O/c1-11-7-13(10-14-9-11)8-12-5-3-2-4-6-12;1-3-5-15(6-4-2)12(16)10-7-11(13)9-14-8-10/h2-7,9-10H,8H2,1H3;7-9H,3-6,13H2,1-2H3. The Morgan fingerprint density at radius 2 is 1.57 bits per heavy atom. The third-order valence-electron chi connectivity index (χ3n) is 4.46. The molecule has 5 heteroatoms. The molecule has 0 aliphatic carbocycles. The van der Waals surface area contributed by atoms with E-state index < -0.39 is 0 Å². The maximum atomic E-state index is 12.1. The number of nitrogen functional groups attached to an aromatic ring is 1. The largest absolute Gasteiger partial charge is 0.397 e. The Labute approximate surface area is 180 Å². The zero-order valence-corrected chi connectivity index (χ0v) is 18.2. The van der Waals surface area contributed by atoms with Crippen LogP contribution in [0.25, 0.3) is 0 Å². The summed E-state index contributed by atoms with van der Waals surface area (Å²) < 4.78 is 0. The lowest BCUT2D eigenvalue weighted by Crippen LogP contribution is -2.32. The van der Waals surface area contributed by atoms with Crippen molar-refractivity contribution in [1.82, 2.24) is 14.9 Å². The third-order valence-corrected chi connectivity index (χ3v) is 4.46. The Morgan fingerprint density at radius 1 is 0.900 bits per heavy atom. The number of aryl methyl sites for hydroxylation is 1. The van der Waals surface area contributed by atoms with Crippen molar-refractivity contribution in [2.24, 2.45) is 0 Å². The van der Waals surface area contributed by atoms with Gasteiger partial charge in [-0.25, -0.2) is 0 Å². The van der Waals surface area contributed by atoms with Crippen molar-refractivity contribution in [3.63, 3.8) is 0 Å². The minimum absolute atomic E-state index is 0.0171. The predicted molar refractivity (Wildman–Crippen MR) is 123 cm³/mol. The lowest BCUT2D eigenvalue weighted by Gasteiger charge is -2.21. The summed E-state index contributed by atoms with van der Waals surface area (Å²) in [6.07, 6.45) is 9.81. The molecule has 2 aromatic heterocycles. The van der Waals surface area contributed by atoms with Crippen LogP contribution >= 0.6 is 0 Å². The van der Waals surface area contributed by atoms with Gasteiger partial charge in [-0.3, -0.25) is 14.8 Å². The zero-order valence-electron chi connectivity index (χ0n) is 18.2. The summed E-state index contributed by atoms with van der Waals surface area (Å²) in [6, 6.07) is 14.3. The predicted octanol–water partition coefficient (Wildman–Crippen LogP) is 4.91. The van der Waals surface area contributed by atoms with Gasteiger partial charge in [-0.05, 0) is 48.9 Å². The first kappa shape index (κ1) is 23.1. The van der Waals surface area contributed by atoms with E-state index in [0.29, 0.717) is 11.3 Å². The number of hydrogen-bond donors (Lipinski definition) is 1. The molecule has 30 heavy (non-hydrogen) atoms. The van der Waals surface area contributed by atoms with E-state index in [9.17, 15) is 4.79 Å². The second-order valence-corrected chi connectivity index (χ2v) is 7.33. The van der Waals surface area contributed by atoms with E-state index in [1.54, 1.807) is 18.5 Å². The molecule has 0 fully saturated rings. The molecule has 0 bridgehead atoms. The Balaban J connectivity index is 0.000000215. The second-order valence-electron chi connectivity index (χ2n) is 7.33. The van der Waals surface area contributed by atoms with Gasteiger partial charge in [-0.1, -0.05) is 50.2 Å². The van der Waals surface area contributed by atoms with Crippen LogP contribution in [0.4, 0.5) is 5.69 Å². The van der Waals surface area contributed by atoms with Crippen molar-refractivity contribution in [1.29, 1.82) is 0 Å². The number of benzene rings is 1. The number of nitrogens with zero attached hydrogens (tertiary/aromatic N) is 3. The van der Waals surface area contributed by atoms with Crippen molar-refractivity contribution < 1.29 is 4.79 Å². The summed E-state index contributed by atoms with van der Waals surface area (Å²) in [7, 11) is 0. The van der Waals surface area contributed by atoms with Gasteiger partial charge in [-0.2, -0.15) is 0 Å². The van der Waals surface area contributed by atoms with Gasteiger partial charge in [0.1, 0.15) is 0 Å². The van der Waals surface area contributed by atoms with Gasteiger partial charge in [0.2, 0.25) is 0 Å². The molecule has 3 rings (SSSR count). The van der Waals surface area contributed by atoms with Crippen molar-refractivity contribution >= 4 is 11.6 Å². The lowest BCUT2D eigenvalue weighted by atomic mass is 10.1. The van der Waals surface area contributed by atoms with Gasteiger partial charge >= 0.3 is 0 Å². The van der Waals surface area contributed by atoms with E-state index >= 15 is 0 Å². The summed E-state index contributed by atoms with van der Waals surface area (Å²) in [5, 5.41) is 0. The van der Waals surface area contributed by atoms with Crippen LogP contribution in [0.3, 0.4) is 0 Å². The van der Waals surface area contributed by atoms with Crippen LogP contribution in [0.2, 0.25) is 0 Å². The van der Waals surface area contributed by atoms with Crippen LogP contribution in [0.15, 0.2) is 67.3 Å². The third kappa shape index (κ3) is 7.66. The minimum Gasteiger partial charge on any atom is -0.397 e. The first-order chi connectivity index (χ1) is 14.5. The summed E-state index contributed by atoms with van der Waals surface area (Å²) in [6.45, 7) is 7.76. The molecule has 1 amide bonds. The molecule has 0 saturated carbocycles. The number of amides is 1. The van der Waals surface area contributed by atoms with Crippen molar-refractivity contribution in [3.8, 4) is 0 Å². The van der Waals surface area contributed by atoms with Gasteiger partial charge in [-0.15, -0.1) is 0 Å². The van der Waals surface area contributed by atoms with Crippen LogP contribution < -0.4 is 5.73 Å². The number of nitrogens with two attached hydrogens (primary N) is 1. The van der Waals surface area contributed by atoms with E-state index in [1.807, 2.05) is 23.4 Å². The highest BCUT2D eigenvalue weighted by molar-refractivity contribution is 5.94. The molecule has 2 N–H and O–H groups in total. The second kappa shape index (κ2) is 12.4. The molecule has 158 valence electrons. The molecule has 0 aliphatic heterocycles. The highest BCUT2D eigenvalue weighted by Crippen LogP contribution is 2.10. The SMILES string of the molecule is CCCN(CCC)C(=O)c1cncc(N)c1.Cc1cncc(Cc2ccccc2)c1. The van der Waals surface area contributed by atoms with Crippen LogP contribution in [0, 0.1) is 6.92 Å². The van der Waals surface area contributed by atoms with Crippen LogP contribution in [-0.4, -0.2) is 33.9 Å². The molecular formula is C25H32N4O. The highest BCUT2D eigenvalue weighted by atomic mass is 16.2. The lowest BCUT2D eigenvalue weighted by molar-refractivity contribution is 0.0755. The minimum atomic E-state index is 0.0171. The number of aromatic nitrogens is 2. The Bertz CT molecular complexity index is 906. The van der Waals surface area contributed by atoms with Crippen molar-refractivity contribution in [2.45, 2.75) is 40.0 Å². The van der Waals surface area contributed by atoms with Crippen LogP contribution in [0.1, 0.15) is 53.7 Å². The quantitative estimate of drug-likeness (QED) is 0.607. The van der Waals surface area contributed by atoms with Gasteiger partial charge in [0.15, 0.2) is 0 Å². The monoisotopic (exact) mass is 404 g/mol. The molecular weight excluding hydrogens is 372 g/mol. The normalized spacial score (nSPS) is 10.1. The molecule has 0 spiro atoms. The fourth-order valence-electron chi connectivity index (χ4n) is 3.16. The number of carbonyl (C=O) groups excluding carboxylic acids is 1. The van der Waals surface area contributed by atoms with Gasteiger partial charge in [0, 0.05) is 37.9 Å². The average Bonchev–Trinajstić information content (AvgIpc) is 2.74. The van der Waals surface area contributed by atoms with Crippen molar-refractivity contribution in [2.75, 3.05) is 18.8 Å². The molecule has 0 unspecified atom stereocenters. The molecule has 0 aliphatic rings. The molecule has 0 radical (unpaired) electrons.